The van der Waals surface area contributed by atoms with E-state index in [2.05, 4.69) is 25.6 Å². The fourth-order valence-electron chi connectivity index (χ4n) is 2.76. The third-order valence-corrected chi connectivity index (χ3v) is 5.38. The van der Waals surface area contributed by atoms with Crippen molar-refractivity contribution in [3.8, 4) is 0 Å². The average molecular weight is 350 g/mol. The molecule has 0 saturated heterocycles. The van der Waals surface area contributed by atoms with Crippen LogP contribution in [0.1, 0.15) is 45.4 Å². The molecule has 0 aromatic carbocycles. The third kappa shape index (κ3) is 4.34. The van der Waals surface area contributed by atoms with Gasteiger partial charge in [0, 0.05) is 6.04 Å². The molecular formula is C15H22N6O2S. The van der Waals surface area contributed by atoms with Crippen LogP contribution in [-0.2, 0) is 11.3 Å². The van der Waals surface area contributed by atoms with E-state index in [1.807, 2.05) is 13.8 Å². The van der Waals surface area contributed by atoms with E-state index in [1.54, 1.807) is 11.0 Å². The predicted octanol–water partition coefficient (Wildman–Crippen LogP) is 1.88. The molecule has 0 aliphatic heterocycles. The number of nitrogens with one attached hydrogen (secondary N) is 1. The van der Waals surface area contributed by atoms with Gasteiger partial charge in [0.15, 0.2) is 0 Å². The molecule has 1 aliphatic rings. The zero-order valence-electron chi connectivity index (χ0n) is 13.9. The lowest BCUT2D eigenvalue weighted by atomic mass is 10.1. The van der Waals surface area contributed by atoms with Crippen LogP contribution in [0.15, 0.2) is 22.3 Å². The monoisotopic (exact) mass is 350 g/mol. The fourth-order valence-corrected chi connectivity index (χ4v) is 3.65. The van der Waals surface area contributed by atoms with Crippen LogP contribution in [0.2, 0.25) is 0 Å². The Balaban J connectivity index is 1.60. The molecule has 1 atom stereocenters. The van der Waals surface area contributed by atoms with Gasteiger partial charge in [-0.05, 0) is 18.8 Å². The highest BCUT2D eigenvalue weighted by Crippen LogP contribution is 2.28. The van der Waals surface area contributed by atoms with Crippen LogP contribution >= 0.6 is 11.8 Å². The summed E-state index contributed by atoms with van der Waals surface area (Å²) in [5.74, 6) is 0.668. The van der Waals surface area contributed by atoms with Crippen LogP contribution in [0.5, 0.6) is 0 Å². The first-order chi connectivity index (χ1) is 11.6. The second-order valence-corrected chi connectivity index (χ2v) is 7.42. The van der Waals surface area contributed by atoms with Crippen molar-refractivity contribution >= 4 is 17.7 Å². The van der Waals surface area contributed by atoms with Gasteiger partial charge in [-0.1, -0.05) is 38.5 Å². The van der Waals surface area contributed by atoms with Crippen molar-refractivity contribution in [3.63, 3.8) is 0 Å². The van der Waals surface area contributed by atoms with Crippen molar-refractivity contribution in [1.29, 1.82) is 0 Å². The molecular weight excluding hydrogens is 328 g/mol. The van der Waals surface area contributed by atoms with Gasteiger partial charge in [0.2, 0.25) is 11.8 Å². The Kier molecular flexibility index (Phi) is 5.49. The number of aromatic nitrogens is 5. The number of nitrogens with zero attached hydrogens (tertiary/aromatic N) is 5. The number of hydrogen-bond acceptors (Lipinski definition) is 7. The zero-order chi connectivity index (χ0) is 16.9. The van der Waals surface area contributed by atoms with E-state index in [0.29, 0.717) is 23.7 Å². The largest absolute Gasteiger partial charge is 0.414 e. The van der Waals surface area contributed by atoms with Gasteiger partial charge < -0.3 is 9.73 Å². The van der Waals surface area contributed by atoms with Crippen molar-refractivity contribution in [2.24, 2.45) is 5.92 Å². The number of hydrogen-bond donors (Lipinski definition) is 1. The van der Waals surface area contributed by atoms with Gasteiger partial charge in [0.25, 0.3) is 5.22 Å². The van der Waals surface area contributed by atoms with E-state index >= 15 is 0 Å². The van der Waals surface area contributed by atoms with Crippen LogP contribution in [0.4, 0.5) is 0 Å². The minimum Gasteiger partial charge on any atom is -0.414 e. The summed E-state index contributed by atoms with van der Waals surface area (Å²) in [7, 11) is 0. The summed E-state index contributed by atoms with van der Waals surface area (Å²) in [6.07, 6.45) is 7.57. The van der Waals surface area contributed by atoms with Gasteiger partial charge in [0.1, 0.15) is 19.2 Å². The van der Waals surface area contributed by atoms with Gasteiger partial charge in [-0.2, -0.15) is 5.10 Å². The number of carbonyl (C=O) groups excluding carboxylic acids is 1. The molecule has 130 valence electrons. The highest BCUT2D eigenvalue weighted by atomic mass is 32.2. The van der Waals surface area contributed by atoms with E-state index in [9.17, 15) is 4.79 Å². The van der Waals surface area contributed by atoms with Crippen LogP contribution in [0, 0.1) is 5.92 Å². The molecule has 0 bridgehead atoms. The van der Waals surface area contributed by atoms with Gasteiger partial charge >= 0.3 is 0 Å². The topological polar surface area (TPSA) is 98.7 Å². The molecule has 0 radical (unpaired) electrons. The van der Waals surface area contributed by atoms with E-state index in [4.69, 9.17) is 4.42 Å². The summed E-state index contributed by atoms with van der Waals surface area (Å²) in [5.41, 5.74) is 0. The van der Waals surface area contributed by atoms with Crippen LogP contribution in [0.25, 0.3) is 0 Å². The maximum atomic E-state index is 12.6. The molecule has 1 amide bonds. The molecule has 1 fully saturated rings. The molecule has 1 aliphatic carbocycles. The third-order valence-electron chi connectivity index (χ3n) is 4.01. The van der Waals surface area contributed by atoms with Crippen LogP contribution < -0.4 is 5.32 Å². The Morgan fingerprint density at radius 1 is 1.42 bits per heavy atom. The van der Waals surface area contributed by atoms with E-state index in [-0.39, 0.29) is 17.1 Å². The lowest BCUT2D eigenvalue weighted by Gasteiger charge is -2.20. The van der Waals surface area contributed by atoms with Crippen molar-refractivity contribution in [2.45, 2.75) is 62.6 Å². The number of carbonyl (C=O) groups is 1. The second-order valence-electron chi connectivity index (χ2n) is 6.33. The lowest BCUT2D eigenvalue weighted by Crippen LogP contribution is -2.40. The van der Waals surface area contributed by atoms with Crippen molar-refractivity contribution < 1.29 is 9.21 Å². The summed E-state index contributed by atoms with van der Waals surface area (Å²) >= 11 is 1.32. The van der Waals surface area contributed by atoms with Gasteiger partial charge in [0.05, 0.1) is 5.25 Å². The molecule has 9 heteroatoms. The Hall–Kier alpha value is -1.90. The molecule has 2 aromatic heterocycles. The molecule has 1 unspecified atom stereocenters. The quantitative estimate of drug-likeness (QED) is 0.761. The number of rotatable bonds is 7. The van der Waals surface area contributed by atoms with Crippen molar-refractivity contribution in [1.82, 2.24) is 30.3 Å². The fraction of sp³-hybridized carbons (Fsp3) is 0.667. The Labute approximate surface area is 144 Å². The van der Waals surface area contributed by atoms with Crippen LogP contribution in [-0.4, -0.2) is 42.2 Å². The summed E-state index contributed by atoms with van der Waals surface area (Å²) in [6, 6.07) is 0.310. The lowest BCUT2D eigenvalue weighted by molar-refractivity contribution is -0.121. The highest BCUT2D eigenvalue weighted by Gasteiger charge is 2.28. The first kappa shape index (κ1) is 16.9. The Bertz CT molecular complexity index is 651. The maximum Gasteiger partial charge on any atom is 0.277 e. The minimum absolute atomic E-state index is 0.0536. The van der Waals surface area contributed by atoms with Crippen molar-refractivity contribution in [2.75, 3.05) is 0 Å². The first-order valence-corrected chi connectivity index (χ1v) is 9.11. The molecule has 1 saturated carbocycles. The standard InChI is InChI=1S/C15H22N6O2S/c1-10(2)13(14(22)18-11-5-3-4-6-11)24-15-20-19-12(23-15)7-21-9-16-8-17-21/h8-11,13H,3-7H2,1-2H3,(H,18,22). The molecule has 24 heavy (non-hydrogen) atoms. The van der Waals surface area contributed by atoms with Gasteiger partial charge in [-0.15, -0.1) is 10.2 Å². The molecule has 2 heterocycles. The zero-order valence-corrected chi connectivity index (χ0v) is 14.7. The Morgan fingerprint density at radius 3 is 2.88 bits per heavy atom. The SMILES string of the molecule is CC(C)C(Sc1nnc(Cn2cncn2)o1)C(=O)NC1CCCC1. The average Bonchev–Trinajstić information content (AvgIpc) is 3.27. The summed E-state index contributed by atoms with van der Waals surface area (Å²) in [4.78, 5) is 16.4. The highest BCUT2D eigenvalue weighted by molar-refractivity contribution is 8.00. The normalized spacial score (nSPS) is 16.6. The van der Waals surface area contributed by atoms with E-state index in [0.717, 1.165) is 12.8 Å². The summed E-state index contributed by atoms with van der Waals surface area (Å²) < 4.78 is 7.24. The maximum absolute atomic E-state index is 12.6. The van der Waals surface area contributed by atoms with Gasteiger partial charge in [-0.3, -0.25) is 4.79 Å². The summed E-state index contributed by atoms with van der Waals surface area (Å²) in [5, 5.41) is 15.4. The molecule has 3 rings (SSSR count). The second kappa shape index (κ2) is 7.78. The predicted molar refractivity (Wildman–Crippen MR) is 88.3 cm³/mol. The minimum atomic E-state index is -0.245. The molecule has 1 N–H and O–H groups in total. The molecule has 8 nitrogen and oxygen atoms in total. The Morgan fingerprint density at radius 2 is 2.21 bits per heavy atom. The van der Waals surface area contributed by atoms with Crippen molar-refractivity contribution in [3.05, 3.63) is 18.5 Å². The molecule has 2 aromatic rings. The summed E-state index contributed by atoms with van der Waals surface area (Å²) in [6.45, 7) is 4.42. The first-order valence-electron chi connectivity index (χ1n) is 8.23. The van der Waals surface area contributed by atoms with Gasteiger partial charge in [-0.25, -0.2) is 9.67 Å². The smallest absolute Gasteiger partial charge is 0.277 e. The number of amides is 1. The molecule has 0 spiro atoms. The van der Waals surface area contributed by atoms with E-state index < -0.39 is 0 Å². The number of thioether (sulfide) groups is 1. The van der Waals surface area contributed by atoms with Crippen LogP contribution in [0.3, 0.4) is 0 Å². The van der Waals surface area contributed by atoms with E-state index in [1.165, 1.54) is 30.9 Å².